The standard InChI is InChI=1S/C23H21ClN4O3S2/c1-3-31-17-9-7-16(8-10-17)28-22(20-5-4-12-32-20)26-27-23(28)33-14-21(29)25-15-6-11-19(30-2)18(24)13-15/h4-13H,3,14H2,1-2H3,(H,25,29). The van der Waals surface area contributed by atoms with Gasteiger partial charge in [-0.2, -0.15) is 0 Å². The van der Waals surface area contributed by atoms with Gasteiger partial charge in [0.25, 0.3) is 0 Å². The van der Waals surface area contributed by atoms with Crippen LogP contribution in [0.3, 0.4) is 0 Å². The molecule has 2 aromatic heterocycles. The van der Waals surface area contributed by atoms with Gasteiger partial charge in [0.15, 0.2) is 11.0 Å². The molecule has 0 atom stereocenters. The number of thiophene rings is 1. The molecule has 0 aliphatic rings. The Hall–Kier alpha value is -3.01. The number of anilines is 1. The summed E-state index contributed by atoms with van der Waals surface area (Å²) in [6, 6.07) is 16.8. The smallest absolute Gasteiger partial charge is 0.234 e. The van der Waals surface area contributed by atoms with E-state index >= 15 is 0 Å². The van der Waals surface area contributed by atoms with Crippen LogP contribution in [-0.4, -0.2) is 40.1 Å². The third-order valence-electron chi connectivity index (χ3n) is 4.55. The highest BCUT2D eigenvalue weighted by molar-refractivity contribution is 7.99. The third-order valence-corrected chi connectivity index (χ3v) is 6.64. The van der Waals surface area contributed by atoms with Crippen LogP contribution in [-0.2, 0) is 4.79 Å². The summed E-state index contributed by atoms with van der Waals surface area (Å²) in [6.07, 6.45) is 0. The molecule has 2 heterocycles. The van der Waals surface area contributed by atoms with Gasteiger partial charge in [-0.05, 0) is 60.8 Å². The first-order chi connectivity index (χ1) is 16.1. The van der Waals surface area contributed by atoms with Gasteiger partial charge in [-0.25, -0.2) is 0 Å². The normalized spacial score (nSPS) is 10.8. The molecule has 0 aliphatic carbocycles. The zero-order chi connectivity index (χ0) is 23.2. The molecule has 0 radical (unpaired) electrons. The molecular formula is C23H21ClN4O3S2. The first-order valence-corrected chi connectivity index (χ1v) is 12.3. The quantitative estimate of drug-likeness (QED) is 0.293. The van der Waals surface area contributed by atoms with Gasteiger partial charge in [-0.15, -0.1) is 21.5 Å². The van der Waals surface area contributed by atoms with Crippen LogP contribution in [0.1, 0.15) is 6.92 Å². The number of thioether (sulfide) groups is 1. The molecule has 10 heteroatoms. The minimum Gasteiger partial charge on any atom is -0.495 e. The average molecular weight is 501 g/mol. The van der Waals surface area contributed by atoms with Crippen molar-refractivity contribution in [2.75, 3.05) is 24.8 Å². The maximum absolute atomic E-state index is 12.6. The second kappa shape index (κ2) is 10.7. The molecule has 170 valence electrons. The topological polar surface area (TPSA) is 78.3 Å². The SMILES string of the molecule is CCOc1ccc(-n2c(SCC(=O)Nc3ccc(OC)c(Cl)c3)nnc2-c2cccs2)cc1. The fraction of sp³-hybridized carbons (Fsp3) is 0.174. The van der Waals surface area contributed by atoms with E-state index in [0.29, 0.717) is 28.2 Å². The first-order valence-electron chi connectivity index (χ1n) is 10.1. The maximum Gasteiger partial charge on any atom is 0.234 e. The molecule has 4 aromatic rings. The Labute approximate surface area is 204 Å². The molecule has 0 saturated heterocycles. The van der Waals surface area contributed by atoms with Crippen LogP contribution < -0.4 is 14.8 Å². The van der Waals surface area contributed by atoms with Crippen LogP contribution in [0.5, 0.6) is 11.5 Å². The number of carbonyl (C=O) groups excluding carboxylic acids is 1. The van der Waals surface area contributed by atoms with E-state index < -0.39 is 0 Å². The number of hydrogen-bond acceptors (Lipinski definition) is 7. The second-order valence-electron chi connectivity index (χ2n) is 6.73. The third kappa shape index (κ3) is 5.50. The highest BCUT2D eigenvalue weighted by Gasteiger charge is 2.18. The zero-order valence-electron chi connectivity index (χ0n) is 17.9. The van der Waals surface area contributed by atoms with Gasteiger partial charge in [0.05, 0.1) is 35.1 Å². The fourth-order valence-corrected chi connectivity index (χ4v) is 4.80. The molecule has 4 rings (SSSR count). The van der Waals surface area contributed by atoms with Gasteiger partial charge >= 0.3 is 0 Å². The van der Waals surface area contributed by atoms with E-state index in [0.717, 1.165) is 22.1 Å². The summed E-state index contributed by atoms with van der Waals surface area (Å²) in [5.74, 6) is 2.04. The van der Waals surface area contributed by atoms with Crippen LogP contribution in [0.2, 0.25) is 5.02 Å². The number of nitrogens with one attached hydrogen (secondary N) is 1. The van der Waals surface area contributed by atoms with E-state index in [1.54, 1.807) is 36.6 Å². The monoisotopic (exact) mass is 500 g/mol. The van der Waals surface area contributed by atoms with Crippen LogP contribution in [0.15, 0.2) is 65.1 Å². The van der Waals surface area contributed by atoms with Gasteiger partial charge in [-0.1, -0.05) is 29.4 Å². The molecule has 0 spiro atoms. The van der Waals surface area contributed by atoms with Crippen molar-refractivity contribution in [3.05, 3.63) is 65.0 Å². The minimum atomic E-state index is -0.180. The van der Waals surface area contributed by atoms with Crippen molar-refractivity contribution < 1.29 is 14.3 Å². The van der Waals surface area contributed by atoms with Crippen LogP contribution in [0.25, 0.3) is 16.4 Å². The van der Waals surface area contributed by atoms with E-state index in [9.17, 15) is 4.79 Å². The Morgan fingerprint density at radius 1 is 1.18 bits per heavy atom. The maximum atomic E-state index is 12.6. The van der Waals surface area contributed by atoms with Crippen molar-refractivity contribution in [1.82, 2.24) is 14.8 Å². The zero-order valence-corrected chi connectivity index (χ0v) is 20.3. The molecule has 0 aliphatic heterocycles. The van der Waals surface area contributed by atoms with E-state index in [4.69, 9.17) is 21.1 Å². The van der Waals surface area contributed by atoms with E-state index in [-0.39, 0.29) is 11.7 Å². The summed E-state index contributed by atoms with van der Waals surface area (Å²) in [7, 11) is 1.54. The van der Waals surface area contributed by atoms with Crippen LogP contribution in [0.4, 0.5) is 5.69 Å². The molecule has 1 N–H and O–H groups in total. The summed E-state index contributed by atoms with van der Waals surface area (Å²) in [5, 5.41) is 14.6. The Kier molecular flexibility index (Phi) is 7.54. The lowest BCUT2D eigenvalue weighted by atomic mass is 10.3. The predicted molar refractivity (Wildman–Crippen MR) is 133 cm³/mol. The molecule has 1 amide bonds. The number of halogens is 1. The molecule has 7 nitrogen and oxygen atoms in total. The number of nitrogens with zero attached hydrogens (tertiary/aromatic N) is 3. The van der Waals surface area contributed by atoms with Crippen LogP contribution >= 0.6 is 34.7 Å². The number of methoxy groups -OCH3 is 1. The molecule has 0 unspecified atom stereocenters. The van der Waals surface area contributed by atoms with Crippen LogP contribution in [0, 0.1) is 0 Å². The van der Waals surface area contributed by atoms with Crippen molar-refractivity contribution in [3.63, 3.8) is 0 Å². The first kappa shape index (κ1) is 23.2. The lowest BCUT2D eigenvalue weighted by Crippen LogP contribution is -2.14. The molecule has 0 fully saturated rings. The summed E-state index contributed by atoms with van der Waals surface area (Å²) in [4.78, 5) is 13.6. The Balaban J connectivity index is 1.54. The van der Waals surface area contributed by atoms with Gasteiger partial charge in [0, 0.05) is 5.69 Å². The Bertz CT molecular complexity index is 1230. The summed E-state index contributed by atoms with van der Waals surface area (Å²) in [6.45, 7) is 2.55. The number of carbonyl (C=O) groups is 1. The molecule has 2 aromatic carbocycles. The summed E-state index contributed by atoms with van der Waals surface area (Å²) < 4.78 is 12.6. The Morgan fingerprint density at radius 3 is 2.67 bits per heavy atom. The molecule has 33 heavy (non-hydrogen) atoms. The highest BCUT2D eigenvalue weighted by atomic mass is 35.5. The van der Waals surface area contributed by atoms with Gasteiger partial charge < -0.3 is 14.8 Å². The summed E-state index contributed by atoms with van der Waals surface area (Å²) in [5.41, 5.74) is 1.48. The summed E-state index contributed by atoms with van der Waals surface area (Å²) >= 11 is 9.03. The number of rotatable bonds is 9. The number of amides is 1. The van der Waals surface area contributed by atoms with E-state index in [2.05, 4.69) is 15.5 Å². The molecule has 0 saturated carbocycles. The van der Waals surface area contributed by atoms with Crippen molar-refractivity contribution in [2.24, 2.45) is 0 Å². The molecular weight excluding hydrogens is 480 g/mol. The van der Waals surface area contributed by atoms with E-state index in [1.165, 1.54) is 11.8 Å². The van der Waals surface area contributed by atoms with E-state index in [1.807, 2.05) is 53.3 Å². The number of benzene rings is 2. The highest BCUT2D eigenvalue weighted by Crippen LogP contribution is 2.31. The van der Waals surface area contributed by atoms with Crippen molar-refractivity contribution in [2.45, 2.75) is 12.1 Å². The average Bonchev–Trinajstić information content (AvgIpc) is 3.48. The van der Waals surface area contributed by atoms with Gasteiger partial charge in [0.1, 0.15) is 11.5 Å². The van der Waals surface area contributed by atoms with Crippen molar-refractivity contribution >= 4 is 46.3 Å². The van der Waals surface area contributed by atoms with Crippen molar-refractivity contribution in [3.8, 4) is 27.9 Å². The largest absolute Gasteiger partial charge is 0.495 e. The number of aromatic nitrogens is 3. The minimum absolute atomic E-state index is 0.156. The van der Waals surface area contributed by atoms with Gasteiger partial charge in [-0.3, -0.25) is 9.36 Å². The second-order valence-corrected chi connectivity index (χ2v) is 9.03. The number of hydrogen-bond donors (Lipinski definition) is 1. The lowest BCUT2D eigenvalue weighted by molar-refractivity contribution is -0.113. The Morgan fingerprint density at radius 2 is 2.00 bits per heavy atom. The molecule has 0 bridgehead atoms. The lowest BCUT2D eigenvalue weighted by Gasteiger charge is -2.11. The predicted octanol–water partition coefficient (Wildman–Crippen LogP) is 5.79. The van der Waals surface area contributed by atoms with Gasteiger partial charge in [0.2, 0.25) is 5.91 Å². The van der Waals surface area contributed by atoms with Crippen molar-refractivity contribution in [1.29, 1.82) is 0 Å². The fourth-order valence-electron chi connectivity index (χ4n) is 3.09. The number of ether oxygens (including phenoxy) is 2.